The number of nitrogens with zero attached hydrogens (tertiary/aromatic N) is 6. The monoisotopic (exact) mass is 1310 g/mol. The highest BCUT2D eigenvalue weighted by molar-refractivity contribution is 7.87. The molecule has 3 aromatic heterocycles. The van der Waals surface area contributed by atoms with Gasteiger partial charge in [0.05, 0.1) is 9.79 Å². The third-order valence-corrected chi connectivity index (χ3v) is 20.0. The van der Waals surface area contributed by atoms with E-state index in [0.717, 1.165) is 77.0 Å². The van der Waals surface area contributed by atoms with Gasteiger partial charge >= 0.3 is 30.4 Å². The first-order valence-electron chi connectivity index (χ1n) is 32.2. The second kappa shape index (κ2) is 33.0. The van der Waals surface area contributed by atoms with Gasteiger partial charge in [-0.2, -0.15) is 54.5 Å². The Morgan fingerprint density at radius 3 is 1.32 bits per heavy atom. The zero-order chi connectivity index (χ0) is 64.4. The fourth-order valence-electron chi connectivity index (χ4n) is 10.9. The first kappa shape index (κ1) is 69.1. The minimum Gasteiger partial charge on any atom is -0.381 e. The molecule has 492 valence electrons. The van der Waals surface area contributed by atoms with Crippen molar-refractivity contribution in [1.29, 1.82) is 0 Å². The van der Waals surface area contributed by atoms with Crippen LogP contribution in [-0.4, -0.2) is 124 Å². The molecule has 7 aromatic rings. The molecule has 2 aliphatic rings. The molecule has 8 bridgehead atoms. The smallest absolute Gasteiger partial charge is 0.313 e. The Kier molecular flexibility index (Phi) is 25.1. The second-order valence-corrected chi connectivity index (χ2v) is 27.7. The lowest BCUT2D eigenvalue weighted by molar-refractivity contribution is 0.0858. The summed E-state index contributed by atoms with van der Waals surface area (Å²) in [5.74, 6) is 1.83. The predicted molar refractivity (Wildman–Crippen MR) is 351 cm³/mol. The van der Waals surface area contributed by atoms with Crippen LogP contribution in [0.5, 0.6) is 0 Å². The van der Waals surface area contributed by atoms with Gasteiger partial charge in [0.2, 0.25) is 0 Å². The van der Waals surface area contributed by atoms with Gasteiger partial charge < -0.3 is 24.2 Å². The fourth-order valence-corrected chi connectivity index (χ4v) is 13.6. The Morgan fingerprint density at radius 2 is 0.824 bits per heavy atom. The van der Waals surface area contributed by atoms with Gasteiger partial charge in [-0.05, 0) is 98.7 Å². The standard InChI is InChI=1S/C65H87N11O12S3/c1-7-13-22-44(10-4)41-83-36-19-33-66-86-89(77,78)47-29-31-51-54(39-47)63-71-59-50-26-17-16-25-49(50)58(69-59)70-62-53-27-18-28-56(91(81,82)88-68-35-21-38-85-43-46(12-6)24-15-9-3)57(53)65(76-62)75-61-52-32-30-48(40-55(52)64(74-61)73-60(51)72-63)90(79,80)87-67-34-20-37-84-42-45(11-5)23-14-8-2/h16-18,25-32,39-40,44-46,66-68H,7-15,19-24,33-38,41-43H2,1-6H3,(H2,69,70,71,72,73,74,75,76). The maximum atomic E-state index is 14.4. The Morgan fingerprint density at radius 1 is 0.407 bits per heavy atom. The molecular formula is C65H87N11O12S3. The van der Waals surface area contributed by atoms with Crippen molar-refractivity contribution in [2.45, 2.75) is 153 Å². The summed E-state index contributed by atoms with van der Waals surface area (Å²) in [5, 5.41) is 1.17. The number of hydrogen-bond acceptors (Lipinski definition) is 21. The number of aromatic amines is 2. The normalized spacial score (nSPS) is 13.6. The number of aromatic nitrogens is 8. The average molecular weight is 1310 g/mol. The quantitative estimate of drug-likeness (QED) is 0.0177. The molecule has 0 radical (unpaired) electrons. The van der Waals surface area contributed by atoms with E-state index in [-0.39, 0.29) is 91.2 Å². The van der Waals surface area contributed by atoms with Gasteiger partial charge in [-0.3, -0.25) is 0 Å². The molecule has 0 saturated carbocycles. The third kappa shape index (κ3) is 17.7. The molecule has 4 aromatic carbocycles. The molecule has 0 saturated heterocycles. The van der Waals surface area contributed by atoms with E-state index in [0.29, 0.717) is 110 Å². The molecule has 5 N–H and O–H groups in total. The summed E-state index contributed by atoms with van der Waals surface area (Å²) in [4.78, 5) is 35.8. The van der Waals surface area contributed by atoms with Crippen molar-refractivity contribution in [3.8, 4) is 45.6 Å². The highest BCUT2D eigenvalue weighted by Crippen LogP contribution is 2.39. The van der Waals surface area contributed by atoms with Gasteiger partial charge in [-0.15, -0.1) is 0 Å². The first-order chi connectivity index (χ1) is 44.1. The number of fused-ring (bicyclic) bond motifs is 20. The summed E-state index contributed by atoms with van der Waals surface area (Å²) >= 11 is 0. The summed E-state index contributed by atoms with van der Waals surface area (Å²) in [6.07, 6.45) is 14.6. The van der Waals surface area contributed by atoms with Crippen LogP contribution in [0, 0.1) is 17.8 Å². The van der Waals surface area contributed by atoms with E-state index in [4.69, 9.17) is 57.0 Å². The topological polar surface area (TPSA) is 303 Å². The number of unbranched alkanes of at least 4 members (excludes halogenated alkanes) is 3. The molecule has 9 rings (SSSR count). The van der Waals surface area contributed by atoms with Crippen LogP contribution >= 0.6 is 0 Å². The van der Waals surface area contributed by atoms with Crippen LogP contribution in [0.1, 0.15) is 138 Å². The Bertz CT molecular complexity index is 4110. The average Bonchev–Trinajstić information content (AvgIpc) is 1.66. The second-order valence-electron chi connectivity index (χ2n) is 23.1. The largest absolute Gasteiger partial charge is 0.381 e. The lowest BCUT2D eigenvalue weighted by atomic mass is 10.0. The molecule has 91 heavy (non-hydrogen) atoms. The van der Waals surface area contributed by atoms with E-state index in [1.807, 2.05) is 24.3 Å². The van der Waals surface area contributed by atoms with Gasteiger partial charge in [0.25, 0.3) is 0 Å². The van der Waals surface area contributed by atoms with Crippen LogP contribution in [0.4, 0.5) is 0 Å². The van der Waals surface area contributed by atoms with E-state index in [1.165, 1.54) is 36.4 Å². The molecule has 26 heteroatoms. The molecule has 23 nitrogen and oxygen atoms in total. The van der Waals surface area contributed by atoms with Crippen molar-refractivity contribution in [2.24, 2.45) is 17.8 Å². The maximum Gasteiger partial charge on any atom is 0.313 e. The van der Waals surface area contributed by atoms with Gasteiger partial charge in [0.1, 0.15) is 27.5 Å². The van der Waals surface area contributed by atoms with Crippen LogP contribution in [0.3, 0.4) is 0 Å². The van der Waals surface area contributed by atoms with E-state index < -0.39 is 30.4 Å². The summed E-state index contributed by atoms with van der Waals surface area (Å²) in [6, 6.07) is 20.6. The highest BCUT2D eigenvalue weighted by Gasteiger charge is 2.29. The number of rotatable bonds is 39. The Hall–Kier alpha value is -6.27. The number of benzene rings is 4. The molecule has 2 aliphatic heterocycles. The van der Waals surface area contributed by atoms with Crippen molar-refractivity contribution in [3.63, 3.8) is 0 Å². The molecule has 0 spiro atoms. The lowest BCUT2D eigenvalue weighted by Crippen LogP contribution is -2.23. The minimum absolute atomic E-state index is 0.0168. The third-order valence-electron chi connectivity index (χ3n) is 16.4. The van der Waals surface area contributed by atoms with Crippen LogP contribution < -0.4 is 16.4 Å². The molecule has 0 amide bonds. The van der Waals surface area contributed by atoms with Crippen molar-refractivity contribution in [3.05, 3.63) is 78.9 Å². The lowest BCUT2D eigenvalue weighted by Gasteiger charge is -2.14. The number of hydrogen-bond donors (Lipinski definition) is 5. The molecule has 5 heterocycles. The summed E-state index contributed by atoms with van der Waals surface area (Å²) in [6.45, 7) is 16.7. The number of H-pyrrole nitrogens is 2. The van der Waals surface area contributed by atoms with Crippen molar-refractivity contribution in [2.75, 3.05) is 59.3 Å². The molecule has 3 unspecified atom stereocenters. The number of hydroxylamine groups is 3. The zero-order valence-corrected chi connectivity index (χ0v) is 55.5. The SMILES string of the molecule is CCCCC(CC)COCCCNOS(=O)(=O)c1ccc2c(c1)-c1nc-2nc2[nH]c(nc3nc(nc4[nH]c(n1)c1ccc(S(=O)(=O)ONCCCOCC(CC)CCCC)cc41)-c1ccccc1-3)c1cccc(S(=O)(=O)ONCCCOCC(CC)CCCC)c21. The number of ether oxygens (including phenoxy) is 3. The summed E-state index contributed by atoms with van der Waals surface area (Å²) < 4.78 is 119. The van der Waals surface area contributed by atoms with Gasteiger partial charge in [-0.1, -0.05) is 136 Å². The van der Waals surface area contributed by atoms with Crippen LogP contribution in [-0.2, 0) is 57.4 Å². The first-order valence-corrected chi connectivity index (χ1v) is 36.4. The van der Waals surface area contributed by atoms with E-state index in [1.54, 1.807) is 18.2 Å². The van der Waals surface area contributed by atoms with Gasteiger partial charge in [0.15, 0.2) is 23.3 Å². The molecule has 0 fully saturated rings. The van der Waals surface area contributed by atoms with Gasteiger partial charge in [0, 0.05) is 103 Å². The minimum atomic E-state index is -4.56. The maximum absolute atomic E-state index is 14.4. The Labute approximate surface area is 534 Å². The van der Waals surface area contributed by atoms with Crippen LogP contribution in [0.25, 0.3) is 89.7 Å². The fraction of sp³-hybridized carbons (Fsp3) is 0.508. The van der Waals surface area contributed by atoms with Crippen LogP contribution in [0.15, 0.2) is 93.5 Å². The zero-order valence-electron chi connectivity index (χ0n) is 53.0. The molecule has 0 aliphatic carbocycles. The van der Waals surface area contributed by atoms with Crippen LogP contribution in [0.2, 0.25) is 0 Å². The van der Waals surface area contributed by atoms with Crippen molar-refractivity contribution >= 4 is 74.5 Å². The van der Waals surface area contributed by atoms with Crippen molar-refractivity contribution in [1.82, 2.24) is 56.3 Å². The molecular weight excluding hydrogens is 1220 g/mol. The summed E-state index contributed by atoms with van der Waals surface area (Å²) in [5.41, 5.74) is 10.1. The Balaban J connectivity index is 1.10. The number of nitrogens with one attached hydrogen (secondary N) is 5. The summed E-state index contributed by atoms with van der Waals surface area (Å²) in [7, 11) is -13.4. The van der Waals surface area contributed by atoms with Crippen molar-refractivity contribution < 1.29 is 52.3 Å². The van der Waals surface area contributed by atoms with E-state index in [9.17, 15) is 25.3 Å². The highest BCUT2D eigenvalue weighted by atomic mass is 32.2. The predicted octanol–water partition coefficient (Wildman–Crippen LogP) is 12.4. The van der Waals surface area contributed by atoms with Gasteiger partial charge in [-0.25, -0.2) is 29.9 Å². The van der Waals surface area contributed by atoms with E-state index in [2.05, 4.69) is 68.0 Å². The molecule has 3 atom stereocenters. The van der Waals surface area contributed by atoms with E-state index >= 15 is 0 Å².